The molecule has 0 spiro atoms. The van der Waals surface area contributed by atoms with Crippen LogP contribution in [0.4, 0.5) is 4.39 Å². The second kappa shape index (κ2) is 6.95. The minimum absolute atomic E-state index is 0.310. The highest BCUT2D eigenvalue weighted by atomic mass is 19.1. The van der Waals surface area contributed by atoms with E-state index in [-0.39, 0.29) is 6.67 Å². The molecule has 1 heteroatoms. The van der Waals surface area contributed by atoms with Gasteiger partial charge in [-0.05, 0) is 43.0 Å². The Kier molecular flexibility index (Phi) is 5.57. The molecule has 0 aliphatic carbocycles. The van der Waals surface area contributed by atoms with Crippen LogP contribution >= 0.6 is 0 Å². The molecule has 0 atom stereocenters. The zero-order chi connectivity index (χ0) is 13.5. The summed E-state index contributed by atoms with van der Waals surface area (Å²) in [5, 5.41) is 0. The summed E-state index contributed by atoms with van der Waals surface area (Å²) < 4.78 is 12.4. The number of benzene rings is 1. The molecule has 0 bridgehead atoms. The van der Waals surface area contributed by atoms with E-state index in [0.29, 0.717) is 6.42 Å². The van der Waals surface area contributed by atoms with E-state index < -0.39 is 0 Å². The van der Waals surface area contributed by atoms with Crippen molar-refractivity contribution in [2.24, 2.45) is 0 Å². The maximum atomic E-state index is 12.4. The van der Waals surface area contributed by atoms with E-state index in [1.54, 1.807) is 0 Å². The van der Waals surface area contributed by atoms with Crippen LogP contribution in [0, 0.1) is 6.92 Å². The number of aryl methyl sites for hydroxylation is 2. The number of alkyl halides is 1. The topological polar surface area (TPSA) is 0 Å². The van der Waals surface area contributed by atoms with Gasteiger partial charge in [0.2, 0.25) is 0 Å². The molecule has 0 nitrogen and oxygen atoms in total. The van der Waals surface area contributed by atoms with Crippen molar-refractivity contribution in [1.29, 1.82) is 0 Å². The van der Waals surface area contributed by atoms with E-state index in [1.807, 2.05) is 26.0 Å². The van der Waals surface area contributed by atoms with Crippen LogP contribution in [0.5, 0.6) is 0 Å². The van der Waals surface area contributed by atoms with Crippen LogP contribution < -0.4 is 0 Å². The van der Waals surface area contributed by atoms with Gasteiger partial charge in [0.05, 0.1) is 6.67 Å². The number of hydrogen-bond acceptors (Lipinski definition) is 0. The summed E-state index contributed by atoms with van der Waals surface area (Å²) in [5.74, 6) is 0. The van der Waals surface area contributed by atoms with Gasteiger partial charge in [0, 0.05) is 6.42 Å². The van der Waals surface area contributed by atoms with Gasteiger partial charge in [-0.15, -0.1) is 0 Å². The lowest BCUT2D eigenvalue weighted by Gasteiger charge is -2.09. The lowest BCUT2D eigenvalue weighted by atomic mass is 9.96. The normalized spacial score (nSPS) is 12.1. The summed E-state index contributed by atoms with van der Waals surface area (Å²) in [6.07, 6.45) is 6.61. The lowest BCUT2D eigenvalue weighted by molar-refractivity contribution is 0.495. The maximum absolute atomic E-state index is 12.4. The molecule has 0 saturated carbocycles. The highest BCUT2D eigenvalue weighted by molar-refractivity contribution is 5.76. The predicted molar refractivity (Wildman–Crippen MR) is 78.5 cm³/mol. The summed E-state index contributed by atoms with van der Waals surface area (Å²) >= 11 is 0. The summed E-state index contributed by atoms with van der Waals surface area (Å²) in [7, 11) is 0. The molecule has 0 radical (unpaired) electrons. The molecule has 0 amide bonds. The fraction of sp³-hybridized carbons (Fsp3) is 0.294. The van der Waals surface area contributed by atoms with Gasteiger partial charge in [0.25, 0.3) is 0 Å². The SMILES string of the molecule is C=C(C)/C=C\C(=C/C)c1cc(CCF)ccc1C. The van der Waals surface area contributed by atoms with Crippen LogP contribution in [0.15, 0.2) is 48.6 Å². The van der Waals surface area contributed by atoms with Crippen LogP contribution in [0.3, 0.4) is 0 Å². The minimum Gasteiger partial charge on any atom is -0.251 e. The van der Waals surface area contributed by atoms with Gasteiger partial charge < -0.3 is 0 Å². The average molecular weight is 244 g/mol. The molecule has 18 heavy (non-hydrogen) atoms. The van der Waals surface area contributed by atoms with Crippen molar-refractivity contribution in [1.82, 2.24) is 0 Å². The third-order valence-corrected chi connectivity index (χ3v) is 2.85. The van der Waals surface area contributed by atoms with Crippen LogP contribution in [0.1, 0.15) is 30.5 Å². The largest absolute Gasteiger partial charge is 0.251 e. The molecule has 1 rings (SSSR count). The standard InChI is InChI=1S/C17H21F/c1-5-16(9-6-13(2)3)17-12-15(10-11-18)8-7-14(17)4/h5-9,12H,2,10-11H2,1,3-4H3/b9-6-,16-5+. The van der Waals surface area contributed by atoms with Crippen molar-refractivity contribution in [3.63, 3.8) is 0 Å². The van der Waals surface area contributed by atoms with Gasteiger partial charge in [0.1, 0.15) is 0 Å². The van der Waals surface area contributed by atoms with Gasteiger partial charge in [-0.25, -0.2) is 0 Å². The number of hydrogen-bond donors (Lipinski definition) is 0. The first kappa shape index (κ1) is 14.4. The Hall–Kier alpha value is -1.63. The van der Waals surface area contributed by atoms with Crippen molar-refractivity contribution in [2.45, 2.75) is 27.2 Å². The fourth-order valence-electron chi connectivity index (χ4n) is 1.82. The number of allylic oxidation sites excluding steroid dienone is 5. The fourth-order valence-corrected chi connectivity index (χ4v) is 1.82. The zero-order valence-electron chi connectivity index (χ0n) is 11.5. The highest BCUT2D eigenvalue weighted by Gasteiger charge is 2.03. The quantitative estimate of drug-likeness (QED) is 0.636. The monoisotopic (exact) mass is 244 g/mol. The third-order valence-electron chi connectivity index (χ3n) is 2.85. The summed E-state index contributed by atoms with van der Waals surface area (Å²) in [6, 6.07) is 6.12. The second-order valence-corrected chi connectivity index (χ2v) is 4.51. The van der Waals surface area contributed by atoms with E-state index >= 15 is 0 Å². The van der Waals surface area contributed by atoms with Crippen LogP contribution in [0.25, 0.3) is 5.57 Å². The van der Waals surface area contributed by atoms with Crippen molar-refractivity contribution in [3.8, 4) is 0 Å². The molecular weight excluding hydrogens is 223 g/mol. The van der Waals surface area contributed by atoms with E-state index in [1.165, 1.54) is 11.1 Å². The first-order valence-corrected chi connectivity index (χ1v) is 6.24. The molecule has 0 heterocycles. The average Bonchev–Trinajstić information content (AvgIpc) is 2.33. The Bertz CT molecular complexity index is 478. The highest BCUT2D eigenvalue weighted by Crippen LogP contribution is 2.22. The minimum atomic E-state index is -0.310. The molecule has 0 unspecified atom stereocenters. The molecule has 0 aliphatic rings. The second-order valence-electron chi connectivity index (χ2n) is 4.51. The van der Waals surface area contributed by atoms with Gasteiger partial charge in [-0.1, -0.05) is 48.6 Å². The van der Waals surface area contributed by atoms with Crippen LogP contribution in [-0.4, -0.2) is 6.67 Å². The molecule has 0 aliphatic heterocycles. The number of halogens is 1. The Balaban J connectivity index is 3.12. The Labute approximate surface area is 110 Å². The first-order valence-electron chi connectivity index (χ1n) is 6.24. The summed E-state index contributed by atoms with van der Waals surface area (Å²) in [4.78, 5) is 0. The molecule has 0 aromatic heterocycles. The molecule has 1 aromatic carbocycles. The van der Waals surface area contributed by atoms with Crippen LogP contribution in [0.2, 0.25) is 0 Å². The van der Waals surface area contributed by atoms with Crippen molar-refractivity contribution < 1.29 is 4.39 Å². The molecule has 1 aromatic rings. The predicted octanol–water partition coefficient (Wildman–Crippen LogP) is 5.04. The van der Waals surface area contributed by atoms with E-state index in [9.17, 15) is 4.39 Å². The van der Waals surface area contributed by atoms with E-state index in [2.05, 4.69) is 37.8 Å². The smallest absolute Gasteiger partial charge is 0.0934 e. The Morgan fingerprint density at radius 3 is 2.61 bits per heavy atom. The Morgan fingerprint density at radius 2 is 2.06 bits per heavy atom. The van der Waals surface area contributed by atoms with Gasteiger partial charge >= 0.3 is 0 Å². The van der Waals surface area contributed by atoms with E-state index in [4.69, 9.17) is 0 Å². The Morgan fingerprint density at radius 1 is 1.33 bits per heavy atom. The first-order chi connectivity index (χ1) is 8.58. The van der Waals surface area contributed by atoms with E-state index in [0.717, 1.165) is 16.7 Å². The molecule has 96 valence electrons. The van der Waals surface area contributed by atoms with Crippen LogP contribution in [-0.2, 0) is 6.42 Å². The van der Waals surface area contributed by atoms with Gasteiger partial charge in [0.15, 0.2) is 0 Å². The summed E-state index contributed by atoms with van der Waals surface area (Å²) in [5.41, 5.74) is 5.59. The summed E-state index contributed by atoms with van der Waals surface area (Å²) in [6.45, 7) is 9.61. The van der Waals surface area contributed by atoms with Crippen molar-refractivity contribution in [2.75, 3.05) is 6.67 Å². The molecule has 0 N–H and O–H groups in total. The molecular formula is C17H21F. The van der Waals surface area contributed by atoms with Gasteiger partial charge in [-0.3, -0.25) is 4.39 Å². The number of rotatable bonds is 5. The third kappa shape index (κ3) is 3.99. The van der Waals surface area contributed by atoms with Gasteiger partial charge in [-0.2, -0.15) is 0 Å². The molecule has 0 fully saturated rings. The lowest BCUT2D eigenvalue weighted by Crippen LogP contribution is -1.92. The van der Waals surface area contributed by atoms with Crippen molar-refractivity contribution >= 4 is 5.57 Å². The maximum Gasteiger partial charge on any atom is 0.0934 e. The van der Waals surface area contributed by atoms with Crippen molar-refractivity contribution in [3.05, 3.63) is 65.3 Å². The molecule has 0 saturated heterocycles. The zero-order valence-corrected chi connectivity index (χ0v) is 11.5.